The van der Waals surface area contributed by atoms with Gasteiger partial charge in [-0.3, -0.25) is 4.79 Å². The SMILES string of the molecule is O=C(O)c1cc(C2CC2)ccc1NC(=O)C1NNC(n2ccnc2)CC12CC/C=C\CCCC2. The van der Waals surface area contributed by atoms with Crippen LogP contribution in [0, 0.1) is 5.41 Å². The van der Waals surface area contributed by atoms with Crippen molar-refractivity contribution in [2.75, 3.05) is 5.32 Å². The zero-order valence-corrected chi connectivity index (χ0v) is 19.4. The first-order chi connectivity index (χ1) is 16.6. The highest BCUT2D eigenvalue weighted by Gasteiger charge is 2.47. The minimum Gasteiger partial charge on any atom is -0.478 e. The molecule has 2 aromatic rings. The number of hydrazine groups is 1. The number of aromatic nitrogens is 2. The molecule has 1 amide bonds. The average Bonchev–Trinajstić information content (AvgIpc) is 3.51. The number of benzene rings is 1. The third-order valence-electron chi connectivity index (χ3n) is 7.61. The van der Waals surface area contributed by atoms with Crippen molar-refractivity contribution in [3.8, 4) is 0 Å². The number of carbonyl (C=O) groups is 2. The van der Waals surface area contributed by atoms with Crippen molar-refractivity contribution in [1.29, 1.82) is 0 Å². The number of imidazole rings is 1. The van der Waals surface area contributed by atoms with E-state index in [-0.39, 0.29) is 23.1 Å². The largest absolute Gasteiger partial charge is 0.478 e. The van der Waals surface area contributed by atoms with E-state index >= 15 is 0 Å². The summed E-state index contributed by atoms with van der Waals surface area (Å²) in [6.45, 7) is 0. The summed E-state index contributed by atoms with van der Waals surface area (Å²) in [5.74, 6) is -0.765. The molecule has 0 radical (unpaired) electrons. The highest BCUT2D eigenvalue weighted by molar-refractivity contribution is 6.02. The number of carbonyl (C=O) groups excluding carboxylic acids is 1. The molecular formula is C26H33N5O3. The summed E-state index contributed by atoms with van der Waals surface area (Å²) in [5.41, 5.74) is 7.91. The van der Waals surface area contributed by atoms with Gasteiger partial charge in [0.1, 0.15) is 6.04 Å². The molecule has 2 heterocycles. The van der Waals surface area contributed by atoms with E-state index in [0.29, 0.717) is 11.6 Å². The van der Waals surface area contributed by atoms with Gasteiger partial charge in [0.25, 0.3) is 0 Å². The number of amides is 1. The lowest BCUT2D eigenvalue weighted by atomic mass is 9.68. The van der Waals surface area contributed by atoms with Crippen molar-refractivity contribution < 1.29 is 14.7 Å². The van der Waals surface area contributed by atoms with E-state index in [0.717, 1.165) is 63.4 Å². The first kappa shape index (κ1) is 22.8. The molecule has 5 rings (SSSR count). The number of hydrogen-bond acceptors (Lipinski definition) is 5. The Kier molecular flexibility index (Phi) is 6.52. The van der Waals surface area contributed by atoms with E-state index < -0.39 is 12.0 Å². The van der Waals surface area contributed by atoms with E-state index in [1.165, 1.54) is 0 Å². The Labute approximate surface area is 199 Å². The van der Waals surface area contributed by atoms with Crippen LogP contribution in [0.5, 0.6) is 0 Å². The molecule has 3 unspecified atom stereocenters. The number of nitrogens with zero attached hydrogens (tertiary/aromatic N) is 2. The first-order valence-corrected chi connectivity index (χ1v) is 12.4. The number of hydrogen-bond donors (Lipinski definition) is 4. The summed E-state index contributed by atoms with van der Waals surface area (Å²) in [6, 6.07) is 4.93. The van der Waals surface area contributed by atoms with Gasteiger partial charge in [-0.2, -0.15) is 0 Å². The highest BCUT2D eigenvalue weighted by Crippen LogP contribution is 2.45. The normalized spacial score (nSPS) is 28.5. The van der Waals surface area contributed by atoms with Crippen LogP contribution < -0.4 is 16.2 Å². The Hall–Kier alpha value is -2.97. The fourth-order valence-electron chi connectivity index (χ4n) is 5.55. The van der Waals surface area contributed by atoms with Gasteiger partial charge < -0.3 is 15.0 Å². The molecule has 1 aromatic carbocycles. The summed E-state index contributed by atoms with van der Waals surface area (Å²) in [5, 5.41) is 12.8. The van der Waals surface area contributed by atoms with Crippen molar-refractivity contribution in [1.82, 2.24) is 20.4 Å². The van der Waals surface area contributed by atoms with E-state index in [2.05, 4.69) is 33.3 Å². The molecule has 8 nitrogen and oxygen atoms in total. The fourth-order valence-corrected chi connectivity index (χ4v) is 5.55. The lowest BCUT2D eigenvalue weighted by Crippen LogP contribution is -2.63. The third-order valence-corrected chi connectivity index (χ3v) is 7.61. The molecular weight excluding hydrogens is 430 g/mol. The molecule has 180 valence electrons. The predicted octanol–water partition coefficient (Wildman–Crippen LogP) is 4.36. The minimum atomic E-state index is -1.02. The van der Waals surface area contributed by atoms with E-state index in [1.54, 1.807) is 24.7 Å². The van der Waals surface area contributed by atoms with Gasteiger partial charge >= 0.3 is 5.97 Å². The number of rotatable bonds is 5. The number of aromatic carboxylic acids is 1. The van der Waals surface area contributed by atoms with Crippen LogP contribution in [-0.2, 0) is 4.79 Å². The Balaban J connectivity index is 1.41. The Bertz CT molecular complexity index is 1060. The molecule has 1 aliphatic heterocycles. The molecule has 3 atom stereocenters. The second-order valence-electron chi connectivity index (χ2n) is 9.94. The van der Waals surface area contributed by atoms with Crippen molar-refractivity contribution in [3.63, 3.8) is 0 Å². The summed E-state index contributed by atoms with van der Waals surface area (Å²) in [7, 11) is 0. The molecule has 34 heavy (non-hydrogen) atoms. The minimum absolute atomic E-state index is 0.0105. The van der Waals surface area contributed by atoms with Gasteiger partial charge in [0.2, 0.25) is 5.91 Å². The lowest BCUT2D eigenvalue weighted by molar-refractivity contribution is -0.125. The van der Waals surface area contributed by atoms with Crippen LogP contribution in [0.25, 0.3) is 0 Å². The summed E-state index contributed by atoms with van der Waals surface area (Å²) >= 11 is 0. The molecule has 3 aliphatic rings. The van der Waals surface area contributed by atoms with Crippen molar-refractivity contribution in [2.24, 2.45) is 5.41 Å². The van der Waals surface area contributed by atoms with Crippen molar-refractivity contribution >= 4 is 17.6 Å². The quantitative estimate of drug-likeness (QED) is 0.491. The Morgan fingerprint density at radius 2 is 1.97 bits per heavy atom. The molecule has 8 heteroatoms. The molecule has 0 bridgehead atoms. The van der Waals surface area contributed by atoms with Crippen LogP contribution in [0.3, 0.4) is 0 Å². The smallest absolute Gasteiger partial charge is 0.337 e. The third kappa shape index (κ3) is 4.79. The molecule has 2 aliphatic carbocycles. The molecule has 1 saturated carbocycles. The van der Waals surface area contributed by atoms with Gasteiger partial charge in [-0.05, 0) is 80.4 Å². The van der Waals surface area contributed by atoms with Crippen LogP contribution in [0.2, 0.25) is 0 Å². The first-order valence-electron chi connectivity index (χ1n) is 12.4. The molecule has 2 fully saturated rings. The Morgan fingerprint density at radius 3 is 2.74 bits per heavy atom. The molecule has 1 spiro atoms. The topological polar surface area (TPSA) is 108 Å². The zero-order valence-electron chi connectivity index (χ0n) is 19.4. The lowest BCUT2D eigenvalue weighted by Gasteiger charge is -2.47. The van der Waals surface area contributed by atoms with Crippen LogP contribution >= 0.6 is 0 Å². The zero-order chi connectivity index (χ0) is 23.5. The molecule has 1 aromatic heterocycles. The van der Waals surface area contributed by atoms with Gasteiger partial charge in [0, 0.05) is 12.4 Å². The van der Waals surface area contributed by atoms with E-state index in [1.807, 2.05) is 16.8 Å². The van der Waals surface area contributed by atoms with Gasteiger partial charge in [0.15, 0.2) is 0 Å². The summed E-state index contributed by atoms with van der Waals surface area (Å²) in [4.78, 5) is 29.8. The maximum Gasteiger partial charge on any atom is 0.337 e. The highest BCUT2D eigenvalue weighted by atomic mass is 16.4. The maximum absolute atomic E-state index is 13.7. The number of carboxylic acids is 1. The molecule has 1 saturated heterocycles. The standard InChI is InChI=1S/C26H33N5O3/c32-24(28-21-10-9-19(18-7-8-18)15-20(21)25(33)34)23-26(11-5-3-1-2-4-6-12-26)16-22(29-30-23)31-14-13-27-17-31/h1,3,9-10,13-15,17-18,22-23,29-30H,2,4-8,11-12,16H2,(H,28,32)(H,33,34)/b3-1-. The number of allylic oxidation sites excluding steroid dienone is 2. The van der Waals surface area contributed by atoms with Gasteiger partial charge in [0.05, 0.1) is 23.7 Å². The number of nitrogens with one attached hydrogen (secondary N) is 3. The number of anilines is 1. The van der Waals surface area contributed by atoms with Crippen LogP contribution in [0.4, 0.5) is 5.69 Å². The monoisotopic (exact) mass is 463 g/mol. The molecule has 4 N–H and O–H groups in total. The average molecular weight is 464 g/mol. The second-order valence-corrected chi connectivity index (χ2v) is 9.94. The van der Waals surface area contributed by atoms with Crippen molar-refractivity contribution in [2.45, 2.75) is 75.9 Å². The van der Waals surface area contributed by atoms with E-state index in [4.69, 9.17) is 0 Å². The van der Waals surface area contributed by atoms with Gasteiger partial charge in [-0.1, -0.05) is 24.6 Å². The van der Waals surface area contributed by atoms with Crippen LogP contribution in [0.1, 0.15) is 85.8 Å². The second kappa shape index (κ2) is 9.72. The van der Waals surface area contributed by atoms with Crippen LogP contribution in [-0.4, -0.2) is 32.6 Å². The summed E-state index contributed by atoms with van der Waals surface area (Å²) < 4.78 is 2.03. The van der Waals surface area contributed by atoms with E-state index in [9.17, 15) is 14.7 Å². The van der Waals surface area contributed by atoms with Gasteiger partial charge in [-0.25, -0.2) is 20.6 Å². The Morgan fingerprint density at radius 1 is 1.12 bits per heavy atom. The van der Waals surface area contributed by atoms with Gasteiger partial charge in [-0.15, -0.1) is 0 Å². The number of carboxylic acid groups (broad SMARTS) is 1. The maximum atomic E-state index is 13.7. The predicted molar refractivity (Wildman–Crippen MR) is 129 cm³/mol. The van der Waals surface area contributed by atoms with Crippen molar-refractivity contribution in [3.05, 3.63) is 60.2 Å². The summed E-state index contributed by atoms with van der Waals surface area (Å²) in [6.07, 6.45) is 18.9. The van der Waals surface area contributed by atoms with Crippen LogP contribution in [0.15, 0.2) is 49.1 Å². The fraction of sp³-hybridized carbons (Fsp3) is 0.500.